The summed E-state index contributed by atoms with van der Waals surface area (Å²) < 4.78 is 13.1. The second kappa shape index (κ2) is 7.03. The van der Waals surface area contributed by atoms with E-state index in [-0.39, 0.29) is 11.9 Å². The first kappa shape index (κ1) is 16.0. The predicted molar refractivity (Wildman–Crippen MR) is 85.8 cm³/mol. The van der Waals surface area contributed by atoms with Crippen molar-refractivity contribution < 1.29 is 4.39 Å². The summed E-state index contributed by atoms with van der Waals surface area (Å²) in [6, 6.07) is 10.8. The molecule has 0 aliphatic heterocycles. The first-order chi connectivity index (χ1) is 10.0. The van der Waals surface area contributed by atoms with Gasteiger partial charge in [0.15, 0.2) is 0 Å². The third-order valence-corrected chi connectivity index (χ3v) is 4.16. The van der Waals surface area contributed by atoms with Gasteiger partial charge in [0.25, 0.3) is 0 Å². The number of hydrogen-bond acceptors (Lipinski definition) is 2. The Hall–Kier alpha value is -1.42. The normalized spacial score (nSPS) is 12.4. The zero-order valence-corrected chi connectivity index (χ0v) is 13.0. The molecule has 112 valence electrons. The molecule has 0 heterocycles. The molecule has 0 aliphatic rings. The van der Waals surface area contributed by atoms with Gasteiger partial charge in [0.2, 0.25) is 0 Å². The van der Waals surface area contributed by atoms with E-state index in [2.05, 4.69) is 37.5 Å². The Balaban J connectivity index is 2.17. The SMILES string of the molecule is Cc1cccc(C)c1CC(Cc1ccc(F)cc1Cl)NN. The summed E-state index contributed by atoms with van der Waals surface area (Å²) in [5, 5.41) is 0.441. The average molecular weight is 307 g/mol. The first-order valence-corrected chi connectivity index (χ1v) is 7.34. The number of nitrogens with one attached hydrogen (secondary N) is 1. The molecule has 0 spiro atoms. The zero-order valence-electron chi connectivity index (χ0n) is 12.3. The maximum Gasteiger partial charge on any atom is 0.124 e. The lowest BCUT2D eigenvalue weighted by Crippen LogP contribution is -2.38. The molecule has 0 saturated carbocycles. The van der Waals surface area contributed by atoms with Crippen LogP contribution < -0.4 is 11.3 Å². The second-order valence-corrected chi connectivity index (χ2v) is 5.79. The minimum absolute atomic E-state index is 0.0489. The van der Waals surface area contributed by atoms with Gasteiger partial charge in [-0.15, -0.1) is 0 Å². The van der Waals surface area contributed by atoms with Crippen molar-refractivity contribution in [2.75, 3.05) is 0 Å². The number of benzene rings is 2. The van der Waals surface area contributed by atoms with E-state index >= 15 is 0 Å². The summed E-state index contributed by atoms with van der Waals surface area (Å²) in [4.78, 5) is 0. The molecular weight excluding hydrogens is 287 g/mol. The molecule has 0 amide bonds. The fourth-order valence-electron chi connectivity index (χ4n) is 2.56. The van der Waals surface area contributed by atoms with E-state index in [4.69, 9.17) is 17.4 Å². The number of hydrazine groups is 1. The highest BCUT2D eigenvalue weighted by Gasteiger charge is 2.14. The number of aryl methyl sites for hydroxylation is 2. The third-order valence-electron chi connectivity index (χ3n) is 3.81. The molecule has 0 saturated heterocycles. The zero-order chi connectivity index (χ0) is 15.4. The Bertz CT molecular complexity index is 608. The van der Waals surface area contributed by atoms with Crippen molar-refractivity contribution in [1.29, 1.82) is 0 Å². The van der Waals surface area contributed by atoms with E-state index in [0.717, 1.165) is 12.0 Å². The van der Waals surface area contributed by atoms with E-state index in [0.29, 0.717) is 11.4 Å². The van der Waals surface area contributed by atoms with Crippen LogP contribution in [0.4, 0.5) is 4.39 Å². The van der Waals surface area contributed by atoms with E-state index in [1.807, 2.05) is 0 Å². The summed E-state index contributed by atoms with van der Waals surface area (Å²) >= 11 is 6.09. The monoisotopic (exact) mass is 306 g/mol. The van der Waals surface area contributed by atoms with Gasteiger partial charge in [0, 0.05) is 11.1 Å². The van der Waals surface area contributed by atoms with Crippen LogP contribution in [0.5, 0.6) is 0 Å². The molecule has 21 heavy (non-hydrogen) atoms. The summed E-state index contributed by atoms with van der Waals surface area (Å²) in [5.41, 5.74) is 7.53. The Morgan fingerprint density at radius 2 is 1.81 bits per heavy atom. The number of nitrogens with two attached hydrogens (primary N) is 1. The minimum atomic E-state index is -0.323. The van der Waals surface area contributed by atoms with Crippen LogP contribution in [0.3, 0.4) is 0 Å². The molecule has 2 nitrogen and oxygen atoms in total. The Morgan fingerprint density at radius 1 is 1.14 bits per heavy atom. The predicted octanol–water partition coefficient (Wildman–Crippen LogP) is 3.71. The quantitative estimate of drug-likeness (QED) is 0.653. The van der Waals surface area contributed by atoms with Crippen LogP contribution in [0.25, 0.3) is 0 Å². The molecule has 1 atom stereocenters. The van der Waals surface area contributed by atoms with Crippen LogP contribution in [-0.4, -0.2) is 6.04 Å². The van der Waals surface area contributed by atoms with Crippen LogP contribution >= 0.6 is 11.6 Å². The fourth-order valence-corrected chi connectivity index (χ4v) is 2.80. The smallest absolute Gasteiger partial charge is 0.124 e. The van der Waals surface area contributed by atoms with Crippen molar-refractivity contribution in [3.63, 3.8) is 0 Å². The Morgan fingerprint density at radius 3 is 2.38 bits per heavy atom. The number of halogens is 2. The standard InChI is InChI=1S/C17H20ClFN2/c1-11-4-3-5-12(2)16(11)10-15(21-20)8-13-6-7-14(19)9-17(13)18/h3-7,9,15,21H,8,10,20H2,1-2H3. The van der Waals surface area contributed by atoms with Crippen LogP contribution in [-0.2, 0) is 12.8 Å². The Labute approximate surface area is 130 Å². The molecule has 2 aromatic rings. The lowest BCUT2D eigenvalue weighted by Gasteiger charge is -2.19. The molecule has 0 fully saturated rings. The summed E-state index contributed by atoms with van der Waals surface area (Å²) in [7, 11) is 0. The summed E-state index contributed by atoms with van der Waals surface area (Å²) in [6.45, 7) is 4.20. The topological polar surface area (TPSA) is 38.0 Å². The molecule has 0 aromatic heterocycles. The van der Waals surface area contributed by atoms with E-state index < -0.39 is 0 Å². The van der Waals surface area contributed by atoms with Gasteiger partial charge in [0.1, 0.15) is 5.82 Å². The van der Waals surface area contributed by atoms with Gasteiger partial charge in [-0.05, 0) is 61.1 Å². The van der Waals surface area contributed by atoms with Gasteiger partial charge in [-0.1, -0.05) is 35.9 Å². The average Bonchev–Trinajstić information content (AvgIpc) is 2.44. The highest BCUT2D eigenvalue weighted by atomic mass is 35.5. The summed E-state index contributed by atoms with van der Waals surface area (Å²) in [6.07, 6.45) is 1.46. The van der Waals surface area contributed by atoms with Crippen LogP contribution in [0.1, 0.15) is 22.3 Å². The van der Waals surface area contributed by atoms with Gasteiger partial charge in [0.05, 0.1) is 0 Å². The van der Waals surface area contributed by atoms with Crippen molar-refractivity contribution in [3.8, 4) is 0 Å². The number of hydrogen-bond donors (Lipinski definition) is 2. The van der Waals surface area contributed by atoms with Crippen molar-refractivity contribution in [2.24, 2.45) is 5.84 Å². The van der Waals surface area contributed by atoms with Crippen molar-refractivity contribution in [1.82, 2.24) is 5.43 Å². The largest absolute Gasteiger partial charge is 0.271 e. The van der Waals surface area contributed by atoms with Crippen molar-refractivity contribution >= 4 is 11.6 Å². The van der Waals surface area contributed by atoms with E-state index in [1.165, 1.54) is 28.8 Å². The molecule has 4 heteroatoms. The van der Waals surface area contributed by atoms with Gasteiger partial charge in [-0.2, -0.15) is 0 Å². The van der Waals surface area contributed by atoms with Gasteiger partial charge < -0.3 is 0 Å². The van der Waals surface area contributed by atoms with E-state index in [9.17, 15) is 4.39 Å². The molecule has 0 bridgehead atoms. The molecule has 2 rings (SSSR count). The number of rotatable bonds is 5. The van der Waals surface area contributed by atoms with Gasteiger partial charge in [-0.3, -0.25) is 11.3 Å². The molecule has 2 aromatic carbocycles. The van der Waals surface area contributed by atoms with Crippen LogP contribution in [0.15, 0.2) is 36.4 Å². The minimum Gasteiger partial charge on any atom is -0.271 e. The van der Waals surface area contributed by atoms with Crippen molar-refractivity contribution in [3.05, 3.63) is 69.5 Å². The van der Waals surface area contributed by atoms with E-state index in [1.54, 1.807) is 6.07 Å². The lowest BCUT2D eigenvalue weighted by atomic mass is 9.93. The maximum absolute atomic E-state index is 13.1. The summed E-state index contributed by atoms with van der Waals surface area (Å²) in [5.74, 6) is 5.36. The maximum atomic E-state index is 13.1. The van der Waals surface area contributed by atoms with Crippen molar-refractivity contribution in [2.45, 2.75) is 32.7 Å². The molecular formula is C17H20ClFN2. The Kier molecular flexibility index (Phi) is 5.34. The third kappa shape index (κ3) is 4.03. The van der Waals surface area contributed by atoms with Crippen LogP contribution in [0.2, 0.25) is 5.02 Å². The highest BCUT2D eigenvalue weighted by molar-refractivity contribution is 6.31. The molecule has 0 radical (unpaired) electrons. The molecule has 3 N–H and O–H groups in total. The fraction of sp³-hybridized carbons (Fsp3) is 0.294. The second-order valence-electron chi connectivity index (χ2n) is 5.38. The highest BCUT2D eigenvalue weighted by Crippen LogP contribution is 2.21. The molecule has 1 unspecified atom stereocenters. The lowest BCUT2D eigenvalue weighted by molar-refractivity contribution is 0.520. The first-order valence-electron chi connectivity index (χ1n) is 6.96. The molecule has 0 aliphatic carbocycles. The van der Waals surface area contributed by atoms with Gasteiger partial charge >= 0.3 is 0 Å². The van der Waals surface area contributed by atoms with Crippen LogP contribution in [0, 0.1) is 19.7 Å². The van der Waals surface area contributed by atoms with Gasteiger partial charge in [-0.25, -0.2) is 4.39 Å².